The second-order valence-corrected chi connectivity index (χ2v) is 20.8. The molecule has 0 aliphatic carbocycles. The first-order chi connectivity index (χ1) is 32.5. The van der Waals surface area contributed by atoms with Crippen LogP contribution in [-0.2, 0) is 14.3 Å². The van der Waals surface area contributed by atoms with E-state index < -0.39 is 18.2 Å². The van der Waals surface area contributed by atoms with Crippen molar-refractivity contribution >= 4 is 11.9 Å². The van der Waals surface area contributed by atoms with Gasteiger partial charge in [-0.2, -0.15) is 0 Å². The lowest BCUT2D eigenvalue weighted by atomic mass is 10.0. The van der Waals surface area contributed by atoms with E-state index in [2.05, 4.69) is 38.2 Å². The first-order valence-electron chi connectivity index (χ1n) is 29.9. The van der Waals surface area contributed by atoms with Crippen molar-refractivity contribution in [2.24, 2.45) is 0 Å². The van der Waals surface area contributed by atoms with E-state index in [9.17, 15) is 19.8 Å². The molecule has 392 valence electrons. The summed E-state index contributed by atoms with van der Waals surface area (Å²) in [5.41, 5.74) is 0. The van der Waals surface area contributed by atoms with Crippen LogP contribution in [0.15, 0.2) is 12.2 Å². The van der Waals surface area contributed by atoms with Gasteiger partial charge in [-0.15, -0.1) is 0 Å². The summed E-state index contributed by atoms with van der Waals surface area (Å²) < 4.78 is 5.98. The zero-order valence-corrected chi connectivity index (χ0v) is 44.9. The summed E-state index contributed by atoms with van der Waals surface area (Å²) in [5, 5.41) is 23.9. The minimum atomic E-state index is -0.783. The van der Waals surface area contributed by atoms with E-state index in [1.54, 1.807) is 0 Å². The molecule has 0 aliphatic heterocycles. The number of aliphatic hydroxyl groups excluding tert-OH is 2. The smallest absolute Gasteiger partial charge is 0.306 e. The van der Waals surface area contributed by atoms with Gasteiger partial charge in [-0.3, -0.25) is 9.59 Å². The van der Waals surface area contributed by atoms with Crippen LogP contribution in [0, 0.1) is 0 Å². The molecule has 0 heterocycles. The van der Waals surface area contributed by atoms with Crippen LogP contribution in [0.3, 0.4) is 0 Å². The average molecular weight is 933 g/mol. The number of aliphatic hydroxyl groups is 2. The van der Waals surface area contributed by atoms with Crippen LogP contribution in [0.4, 0.5) is 0 Å². The second kappa shape index (κ2) is 54.5. The Bertz CT molecular complexity index is 1000. The van der Waals surface area contributed by atoms with Crippen molar-refractivity contribution in [2.45, 2.75) is 354 Å². The summed E-state index contributed by atoms with van der Waals surface area (Å²) in [6.45, 7) is 6.53. The summed E-state index contributed by atoms with van der Waals surface area (Å²) in [5.74, 6) is -0.453. The molecule has 3 unspecified atom stereocenters. The number of hydrogen-bond acceptors (Lipinski definition) is 5. The Labute approximate surface area is 412 Å². The molecule has 1 amide bonds. The van der Waals surface area contributed by atoms with Gasteiger partial charge in [-0.05, 0) is 51.4 Å². The molecule has 0 bridgehead atoms. The molecule has 6 nitrogen and oxygen atoms in total. The summed E-state index contributed by atoms with van der Waals surface area (Å²) in [6.07, 6.45) is 62.8. The topological polar surface area (TPSA) is 95.9 Å². The molecule has 0 saturated carbocycles. The molecule has 3 atom stereocenters. The van der Waals surface area contributed by atoms with E-state index in [0.29, 0.717) is 19.3 Å². The number of ether oxygens (including phenoxy) is 1. The maximum absolute atomic E-state index is 13.3. The van der Waals surface area contributed by atoms with Crippen LogP contribution in [0.25, 0.3) is 0 Å². The van der Waals surface area contributed by atoms with Gasteiger partial charge < -0.3 is 20.3 Å². The molecule has 0 fully saturated rings. The zero-order valence-electron chi connectivity index (χ0n) is 44.9. The summed E-state index contributed by atoms with van der Waals surface area (Å²) in [7, 11) is 0. The fourth-order valence-corrected chi connectivity index (χ4v) is 9.55. The lowest BCUT2D eigenvalue weighted by Crippen LogP contribution is -2.46. The molecule has 0 aromatic heterocycles. The highest BCUT2D eigenvalue weighted by Gasteiger charge is 2.24. The lowest BCUT2D eigenvalue weighted by Gasteiger charge is -2.24. The van der Waals surface area contributed by atoms with Gasteiger partial charge in [0, 0.05) is 6.42 Å². The van der Waals surface area contributed by atoms with Crippen molar-refractivity contribution in [3.05, 3.63) is 12.2 Å². The standard InChI is InChI=1S/C60H117NO5/c1-4-7-10-13-16-19-22-25-28-30-32-35-38-41-44-47-50-53-60(65)66-56(51-48-45-42-39-36-33-31-29-26-23-20-17-14-11-8-5-2)54-59(64)61-57(55-62)58(63)52-49-46-43-40-37-34-27-24-21-18-15-12-9-6-3/h25,28,56-58,62-63H,4-24,26-27,29-55H2,1-3H3,(H,61,64)/b28-25+. The van der Waals surface area contributed by atoms with Gasteiger partial charge in [0.1, 0.15) is 6.10 Å². The molecule has 0 aromatic carbocycles. The van der Waals surface area contributed by atoms with Gasteiger partial charge in [0.25, 0.3) is 0 Å². The van der Waals surface area contributed by atoms with Gasteiger partial charge in [-0.25, -0.2) is 0 Å². The second-order valence-electron chi connectivity index (χ2n) is 20.8. The molecule has 6 heteroatoms. The number of nitrogens with one attached hydrogen (secondary N) is 1. The zero-order chi connectivity index (χ0) is 48.1. The van der Waals surface area contributed by atoms with E-state index >= 15 is 0 Å². The van der Waals surface area contributed by atoms with Crippen LogP contribution < -0.4 is 5.32 Å². The third kappa shape index (κ3) is 49.0. The highest BCUT2D eigenvalue weighted by atomic mass is 16.5. The number of carbonyl (C=O) groups is 2. The van der Waals surface area contributed by atoms with E-state index in [4.69, 9.17) is 4.74 Å². The third-order valence-electron chi connectivity index (χ3n) is 14.1. The number of esters is 1. The molecule has 0 aliphatic rings. The van der Waals surface area contributed by atoms with E-state index in [1.165, 1.54) is 244 Å². The van der Waals surface area contributed by atoms with Crippen LogP contribution in [0.1, 0.15) is 335 Å². The molecular formula is C60H117NO5. The largest absolute Gasteiger partial charge is 0.462 e. The quantitative estimate of drug-likeness (QED) is 0.0321. The Kier molecular flexibility index (Phi) is 53.4. The third-order valence-corrected chi connectivity index (χ3v) is 14.1. The van der Waals surface area contributed by atoms with Crippen molar-refractivity contribution in [1.29, 1.82) is 0 Å². The van der Waals surface area contributed by atoms with Crippen molar-refractivity contribution < 1.29 is 24.5 Å². The molecular weight excluding hydrogens is 815 g/mol. The van der Waals surface area contributed by atoms with Gasteiger partial charge in [0.15, 0.2) is 0 Å². The van der Waals surface area contributed by atoms with Crippen molar-refractivity contribution in [3.63, 3.8) is 0 Å². The number of hydrogen-bond donors (Lipinski definition) is 3. The molecule has 66 heavy (non-hydrogen) atoms. The number of rotatable bonds is 55. The fraction of sp³-hybridized carbons (Fsp3) is 0.933. The van der Waals surface area contributed by atoms with Gasteiger partial charge in [0.2, 0.25) is 5.91 Å². The normalized spacial score (nSPS) is 13.1. The minimum absolute atomic E-state index is 0.0841. The Balaban J connectivity index is 4.51. The molecule has 0 rings (SSSR count). The number of allylic oxidation sites excluding steroid dienone is 2. The molecule has 0 radical (unpaired) electrons. The Morgan fingerprint density at radius 1 is 0.424 bits per heavy atom. The van der Waals surface area contributed by atoms with Crippen LogP contribution in [0.2, 0.25) is 0 Å². The van der Waals surface area contributed by atoms with E-state index in [0.717, 1.165) is 44.9 Å². The van der Waals surface area contributed by atoms with Crippen molar-refractivity contribution in [3.8, 4) is 0 Å². The predicted molar refractivity (Wildman–Crippen MR) is 287 cm³/mol. The van der Waals surface area contributed by atoms with E-state index in [-0.39, 0.29) is 24.9 Å². The highest BCUT2D eigenvalue weighted by molar-refractivity contribution is 5.77. The summed E-state index contributed by atoms with van der Waals surface area (Å²) >= 11 is 0. The first-order valence-corrected chi connectivity index (χ1v) is 29.9. The van der Waals surface area contributed by atoms with Gasteiger partial charge in [0.05, 0.1) is 25.2 Å². The number of carbonyl (C=O) groups excluding carboxylic acids is 2. The maximum Gasteiger partial charge on any atom is 0.306 e. The first kappa shape index (κ1) is 64.6. The van der Waals surface area contributed by atoms with Crippen LogP contribution in [0.5, 0.6) is 0 Å². The number of unbranched alkanes of at least 4 members (excludes halogenated alkanes) is 41. The fourth-order valence-electron chi connectivity index (χ4n) is 9.55. The maximum atomic E-state index is 13.3. The summed E-state index contributed by atoms with van der Waals surface area (Å²) in [4.78, 5) is 26.3. The average Bonchev–Trinajstić information content (AvgIpc) is 3.31. The molecule has 0 spiro atoms. The van der Waals surface area contributed by atoms with Crippen molar-refractivity contribution in [1.82, 2.24) is 5.32 Å². The molecule has 3 N–H and O–H groups in total. The number of amides is 1. The molecule has 0 saturated heterocycles. The van der Waals surface area contributed by atoms with Gasteiger partial charge in [-0.1, -0.05) is 283 Å². The minimum Gasteiger partial charge on any atom is -0.462 e. The highest BCUT2D eigenvalue weighted by Crippen LogP contribution is 2.19. The Hall–Kier alpha value is -1.40. The van der Waals surface area contributed by atoms with E-state index in [1.807, 2.05) is 0 Å². The van der Waals surface area contributed by atoms with Gasteiger partial charge >= 0.3 is 5.97 Å². The predicted octanol–water partition coefficient (Wildman–Crippen LogP) is 18.5. The molecule has 0 aromatic rings. The van der Waals surface area contributed by atoms with Crippen molar-refractivity contribution in [2.75, 3.05) is 6.61 Å². The van der Waals surface area contributed by atoms with Crippen LogP contribution in [-0.4, -0.2) is 46.9 Å². The van der Waals surface area contributed by atoms with Crippen LogP contribution >= 0.6 is 0 Å². The monoisotopic (exact) mass is 932 g/mol. The Morgan fingerprint density at radius 3 is 1.08 bits per heavy atom. The summed E-state index contributed by atoms with van der Waals surface area (Å²) in [6, 6.07) is -0.697. The SMILES string of the molecule is CCCCCCCC/C=C/CCCCCCCCCC(=O)OC(CCCCCCCCCCCCCCCCCC)CC(=O)NC(CO)C(O)CCCCCCCCCCCCCCCC. The Morgan fingerprint density at radius 2 is 0.727 bits per heavy atom. The lowest BCUT2D eigenvalue weighted by molar-refractivity contribution is -0.151.